The number of piperazine rings is 1. The van der Waals surface area contributed by atoms with E-state index in [0.29, 0.717) is 47.7 Å². The number of nitrogens with one attached hydrogen (secondary N) is 2. The van der Waals surface area contributed by atoms with Gasteiger partial charge in [0.15, 0.2) is 21.0 Å². The summed E-state index contributed by atoms with van der Waals surface area (Å²) < 4.78 is 57.0. The lowest BCUT2D eigenvalue weighted by molar-refractivity contribution is 0.150. The number of hydrogen-bond acceptors (Lipinski definition) is 8. The normalized spacial score (nSPS) is 23.8. The first-order valence-electron chi connectivity index (χ1n) is 10.5. The quantitative estimate of drug-likeness (QED) is 0.520. The fourth-order valence-electron chi connectivity index (χ4n) is 4.46. The molecule has 3 saturated heterocycles. The van der Waals surface area contributed by atoms with Crippen LogP contribution in [0, 0.1) is 0 Å². The number of alkyl halides is 2. The molecule has 1 aliphatic carbocycles. The highest BCUT2D eigenvalue weighted by Gasteiger charge is 2.42. The highest BCUT2D eigenvalue weighted by Crippen LogP contribution is 2.40. The molecule has 4 fully saturated rings. The molecule has 4 aliphatic rings. The highest BCUT2D eigenvalue weighted by atomic mass is 35.5. The topological polar surface area (TPSA) is 105 Å². The van der Waals surface area contributed by atoms with Gasteiger partial charge in [0.05, 0.1) is 5.69 Å². The summed E-state index contributed by atoms with van der Waals surface area (Å²) in [5, 5.41) is 10.7. The van der Waals surface area contributed by atoms with E-state index in [4.69, 9.17) is 11.6 Å². The Kier molecular flexibility index (Phi) is 4.77. The largest absolute Gasteiger partial charge is 0.367 e. The van der Waals surface area contributed by atoms with Crippen molar-refractivity contribution in [1.29, 1.82) is 0 Å². The number of piperidine rings is 1. The summed E-state index contributed by atoms with van der Waals surface area (Å²) in [4.78, 5) is 6.52. The lowest BCUT2D eigenvalue weighted by Gasteiger charge is -2.49. The van der Waals surface area contributed by atoms with Crippen LogP contribution in [0.15, 0.2) is 17.2 Å². The fraction of sp³-hybridized carbons (Fsp3) is 0.526. The van der Waals surface area contributed by atoms with Crippen molar-refractivity contribution in [2.75, 3.05) is 18.0 Å². The number of rotatable bonds is 6. The van der Waals surface area contributed by atoms with Crippen LogP contribution in [0.4, 0.5) is 14.5 Å². The molecule has 2 unspecified atom stereocenters. The number of aromatic nitrogens is 4. The maximum atomic E-state index is 13.3. The lowest BCUT2D eigenvalue weighted by atomic mass is 9.91. The Morgan fingerprint density at radius 2 is 2.00 bits per heavy atom. The Morgan fingerprint density at radius 1 is 1.30 bits per heavy atom. The Balaban J connectivity index is 1.53. The zero-order chi connectivity index (χ0) is 23.1. The average Bonchev–Trinajstić information content (AvgIpc) is 3.14. The molecule has 0 radical (unpaired) electrons. The summed E-state index contributed by atoms with van der Waals surface area (Å²) >= 11 is 7.22. The SMILES string of the molecule is CC1(NS(=O)(=O)c2cc(N3CC4CC(C3)N4)c3c(Cl)nc(-c4nnc(C(F)F)s4)n3c2)CC1. The minimum absolute atomic E-state index is 0.0549. The van der Waals surface area contributed by atoms with Crippen LogP contribution in [-0.4, -0.2) is 58.7 Å². The second-order valence-electron chi connectivity index (χ2n) is 9.12. The van der Waals surface area contributed by atoms with Crippen molar-refractivity contribution in [3.05, 3.63) is 22.4 Å². The number of halogens is 3. The molecular formula is C19H20ClF2N7O2S2. The molecule has 9 nitrogen and oxygen atoms in total. The molecule has 0 aromatic carbocycles. The molecule has 3 aromatic heterocycles. The lowest BCUT2D eigenvalue weighted by Crippen LogP contribution is -2.67. The molecule has 6 heterocycles. The van der Waals surface area contributed by atoms with Crippen LogP contribution < -0.4 is 14.9 Å². The molecule has 33 heavy (non-hydrogen) atoms. The summed E-state index contributed by atoms with van der Waals surface area (Å²) in [5.74, 6) is 0.177. The van der Waals surface area contributed by atoms with Gasteiger partial charge in [-0.3, -0.25) is 4.40 Å². The Morgan fingerprint density at radius 3 is 2.61 bits per heavy atom. The first-order chi connectivity index (χ1) is 15.6. The van der Waals surface area contributed by atoms with Gasteiger partial charge in [-0.1, -0.05) is 22.9 Å². The third-order valence-corrected chi connectivity index (χ3v) is 9.21. The molecule has 1 saturated carbocycles. The number of nitrogens with zero attached hydrogens (tertiary/aromatic N) is 5. The standard InChI is InChI=1S/C19H20ClF2N7O2S2/c1-19(2-3-19)27-33(30,31)11-5-12(28-6-9-4-10(7-28)23-9)13-14(20)24-16(29(13)8-11)18-26-25-17(32-18)15(21)22/h5,8-10,15,23,27H,2-4,6-7H2,1H3. The molecule has 7 rings (SSSR count). The van der Waals surface area contributed by atoms with Crippen LogP contribution in [0.3, 0.4) is 0 Å². The van der Waals surface area contributed by atoms with Gasteiger partial charge in [-0.25, -0.2) is 26.9 Å². The third-order valence-electron chi connectivity index (χ3n) is 6.42. The molecule has 0 amide bonds. The Labute approximate surface area is 197 Å². The number of hydrogen-bond donors (Lipinski definition) is 2. The van der Waals surface area contributed by atoms with Crippen molar-refractivity contribution in [3.8, 4) is 10.8 Å². The first-order valence-corrected chi connectivity index (χ1v) is 13.2. The van der Waals surface area contributed by atoms with Crippen molar-refractivity contribution in [1.82, 2.24) is 29.6 Å². The smallest absolute Gasteiger partial charge is 0.291 e. The minimum Gasteiger partial charge on any atom is -0.367 e. The fourth-order valence-corrected chi connectivity index (χ4v) is 6.90. The van der Waals surface area contributed by atoms with Crippen LogP contribution in [0.1, 0.15) is 37.6 Å². The number of sulfonamides is 1. The highest BCUT2D eigenvalue weighted by molar-refractivity contribution is 7.89. The first kappa shape index (κ1) is 21.6. The molecule has 176 valence electrons. The van der Waals surface area contributed by atoms with Crippen molar-refractivity contribution < 1.29 is 17.2 Å². The summed E-state index contributed by atoms with van der Waals surface area (Å²) in [6.45, 7) is 3.26. The molecule has 3 aromatic rings. The van der Waals surface area contributed by atoms with E-state index in [1.54, 1.807) is 6.07 Å². The summed E-state index contributed by atoms with van der Waals surface area (Å²) in [6, 6.07) is 2.27. The molecule has 14 heteroatoms. The molecule has 0 spiro atoms. The van der Waals surface area contributed by atoms with Crippen LogP contribution in [-0.2, 0) is 10.0 Å². The van der Waals surface area contributed by atoms with E-state index in [2.05, 4.69) is 30.1 Å². The number of pyridine rings is 1. The summed E-state index contributed by atoms with van der Waals surface area (Å²) in [7, 11) is -3.84. The zero-order valence-corrected chi connectivity index (χ0v) is 19.8. The predicted molar refractivity (Wildman–Crippen MR) is 120 cm³/mol. The minimum atomic E-state index is -3.84. The zero-order valence-electron chi connectivity index (χ0n) is 17.4. The second kappa shape index (κ2) is 7.28. The van der Waals surface area contributed by atoms with Gasteiger partial charge in [-0.15, -0.1) is 10.2 Å². The summed E-state index contributed by atoms with van der Waals surface area (Å²) in [6.07, 6.45) is 1.27. The van der Waals surface area contributed by atoms with Crippen molar-refractivity contribution in [2.45, 2.75) is 55.1 Å². The number of anilines is 1. The van der Waals surface area contributed by atoms with Gasteiger partial charge >= 0.3 is 0 Å². The average molecular weight is 516 g/mol. The van der Waals surface area contributed by atoms with E-state index >= 15 is 0 Å². The molecule has 2 N–H and O–H groups in total. The second-order valence-corrected chi connectivity index (χ2v) is 12.2. The van der Waals surface area contributed by atoms with E-state index in [1.807, 2.05) is 6.92 Å². The predicted octanol–water partition coefficient (Wildman–Crippen LogP) is 2.83. The molecule has 3 aliphatic heterocycles. The van der Waals surface area contributed by atoms with Crippen molar-refractivity contribution in [2.24, 2.45) is 0 Å². The van der Waals surface area contributed by atoms with E-state index < -0.39 is 27.0 Å². The van der Waals surface area contributed by atoms with E-state index in [1.165, 1.54) is 10.6 Å². The Hall–Kier alpha value is -1.93. The van der Waals surface area contributed by atoms with Crippen molar-refractivity contribution >= 4 is 44.2 Å². The van der Waals surface area contributed by atoms with E-state index in [0.717, 1.165) is 19.3 Å². The molecule has 2 bridgehead atoms. The van der Waals surface area contributed by atoms with Crippen LogP contribution in [0.5, 0.6) is 0 Å². The maximum absolute atomic E-state index is 13.3. The van der Waals surface area contributed by atoms with Gasteiger partial charge < -0.3 is 10.2 Å². The van der Waals surface area contributed by atoms with E-state index in [-0.39, 0.29) is 20.9 Å². The van der Waals surface area contributed by atoms with Crippen LogP contribution in [0.25, 0.3) is 16.3 Å². The summed E-state index contributed by atoms with van der Waals surface area (Å²) in [5.41, 5.74) is 0.696. The monoisotopic (exact) mass is 515 g/mol. The van der Waals surface area contributed by atoms with Gasteiger partial charge in [0.1, 0.15) is 10.4 Å². The van der Waals surface area contributed by atoms with E-state index in [9.17, 15) is 17.2 Å². The number of imidazole rings is 1. The molecular weight excluding hydrogens is 496 g/mol. The van der Waals surface area contributed by atoms with Gasteiger partial charge in [0.2, 0.25) is 10.0 Å². The van der Waals surface area contributed by atoms with Crippen LogP contribution >= 0.6 is 22.9 Å². The third kappa shape index (κ3) is 3.70. The maximum Gasteiger partial charge on any atom is 0.291 e. The van der Waals surface area contributed by atoms with Gasteiger partial charge in [-0.2, -0.15) is 0 Å². The van der Waals surface area contributed by atoms with Gasteiger partial charge in [0, 0.05) is 36.9 Å². The van der Waals surface area contributed by atoms with Crippen molar-refractivity contribution in [3.63, 3.8) is 0 Å². The Bertz CT molecular complexity index is 1360. The van der Waals surface area contributed by atoms with Gasteiger partial charge in [-0.05, 0) is 32.3 Å². The van der Waals surface area contributed by atoms with Crippen LogP contribution in [0.2, 0.25) is 5.15 Å². The number of fused-ring (bicyclic) bond motifs is 3. The van der Waals surface area contributed by atoms with Gasteiger partial charge in [0.25, 0.3) is 6.43 Å². The molecule has 2 atom stereocenters.